The molecule has 0 aromatic heterocycles. The van der Waals surface area contributed by atoms with Gasteiger partial charge in [-0.05, 0) is 0 Å². The van der Waals surface area contributed by atoms with Crippen LogP contribution in [0.2, 0.25) is 0 Å². The van der Waals surface area contributed by atoms with Gasteiger partial charge in [-0.25, -0.2) is 4.57 Å². The second kappa shape index (κ2) is 13.9. The number of hydrogen-bond acceptors (Lipinski definition) is 6. The summed E-state index contributed by atoms with van der Waals surface area (Å²) in [6, 6.07) is 0. The Labute approximate surface area is 175 Å². The van der Waals surface area contributed by atoms with Crippen molar-refractivity contribution in [3.8, 4) is 0 Å². The van der Waals surface area contributed by atoms with Gasteiger partial charge in [0.15, 0.2) is 0 Å². The van der Waals surface area contributed by atoms with Gasteiger partial charge in [-0.3, -0.25) is 9.32 Å². The van der Waals surface area contributed by atoms with Crippen LogP contribution in [0.4, 0.5) is 0 Å². The topological polar surface area (TPSA) is 165 Å². The summed E-state index contributed by atoms with van der Waals surface area (Å²) >= 11 is 0. The fraction of sp³-hybridized carbons (Fsp3) is 0.833. The van der Waals surface area contributed by atoms with Gasteiger partial charge in [-0.1, -0.05) is 0 Å². The molecule has 9 nitrogen and oxygen atoms in total. The third-order valence-electron chi connectivity index (χ3n) is 1.59. The molecule has 0 aliphatic rings. The van der Waals surface area contributed by atoms with Crippen LogP contribution in [0.15, 0.2) is 0 Å². The van der Waals surface area contributed by atoms with E-state index >= 15 is 0 Å². The minimum atomic E-state index is -4.79. The third kappa shape index (κ3) is 16.4. The first-order chi connectivity index (χ1) is 7.13. The third-order valence-corrected chi connectivity index (χ3v) is 2.07. The van der Waals surface area contributed by atoms with Gasteiger partial charge in [-0.15, -0.1) is 0 Å². The first-order valence-electron chi connectivity index (χ1n) is 4.09. The number of hydrogen-bond donors (Lipinski definition) is 6. The van der Waals surface area contributed by atoms with E-state index in [-0.39, 0.29) is 87.9 Å². The predicted molar refractivity (Wildman–Crippen MR) is 58.5 cm³/mol. The number of phosphoric acid groups is 1. The van der Waals surface area contributed by atoms with Crippen molar-refractivity contribution >= 4 is 36.8 Å². The Balaban J connectivity index is -0.0000000536. The van der Waals surface area contributed by atoms with Crippen molar-refractivity contribution in [2.24, 2.45) is 0 Å². The van der Waals surface area contributed by atoms with Gasteiger partial charge in [-0.2, -0.15) is 0 Å². The molecule has 0 aromatic rings. The fourth-order valence-corrected chi connectivity index (χ4v) is 1.18. The molecule has 0 radical (unpaired) electrons. The van der Waals surface area contributed by atoms with Crippen molar-refractivity contribution in [2.75, 3.05) is 6.61 Å². The molecule has 0 aliphatic carbocycles. The van der Waals surface area contributed by atoms with Gasteiger partial charge < -0.3 is 35.9 Å². The second-order valence-electron chi connectivity index (χ2n) is 3.01. The Bertz CT molecular complexity index is 303. The van der Waals surface area contributed by atoms with Gasteiger partial charge in [0.05, 0.1) is 19.1 Å². The average Bonchev–Trinajstić information content (AvgIpc) is 2.10. The van der Waals surface area contributed by atoms with Crippen LogP contribution >= 0.6 is 7.82 Å². The first kappa shape index (κ1) is 29.3. The van der Waals surface area contributed by atoms with Gasteiger partial charge in [0.25, 0.3) is 0 Å². The van der Waals surface area contributed by atoms with Crippen LogP contribution < -0.4 is 59.1 Å². The molecule has 0 unspecified atom stereocenters. The molecule has 0 aliphatic heterocycles. The molecule has 0 rings (SSSR count). The molecule has 0 aromatic carbocycles. The van der Waals surface area contributed by atoms with Crippen LogP contribution in [-0.4, -0.2) is 84.2 Å². The summed E-state index contributed by atoms with van der Waals surface area (Å²) in [7, 11) is -4.79. The summed E-state index contributed by atoms with van der Waals surface area (Å²) in [5.41, 5.74) is 0. The van der Waals surface area contributed by atoms with E-state index in [9.17, 15) is 9.36 Å². The maximum Gasteiger partial charge on any atom is 2.00 e. The van der Waals surface area contributed by atoms with Crippen LogP contribution in [0.1, 0.15) is 12.1 Å². The normalized spacial score (nSPS) is 15.0. The first-order valence-corrected chi connectivity index (χ1v) is 5.62. The Hall–Kier alpha value is 2.23. The molecule has 0 bridgehead atoms. The smallest absolute Gasteiger partial charge is 1.00 e. The number of rotatable bonds is 7. The van der Waals surface area contributed by atoms with E-state index < -0.39 is 45.1 Å². The van der Waals surface area contributed by atoms with E-state index in [0.29, 0.717) is 0 Å². The molecule has 19 heavy (non-hydrogen) atoms. The SMILES string of the molecule is O=C(O)C[C@H](O)[C@@H](O)[C@H](O)COP(=O)(O)O.[H-].[H-].[H-].[H-].[Mg+2].[Na+].[Na+]. The summed E-state index contributed by atoms with van der Waals surface area (Å²) in [6.07, 6.45) is -6.24. The maximum atomic E-state index is 10.2. The zero-order valence-corrected chi connectivity index (χ0v) is 17.0. The van der Waals surface area contributed by atoms with Crippen LogP contribution in [0.25, 0.3) is 0 Å². The average molecular weight is 334 g/mol. The zero-order valence-electron chi connectivity index (χ0n) is 14.7. The molecule has 0 saturated carbocycles. The molecule has 13 heteroatoms. The monoisotopic (exact) mass is 334 g/mol. The summed E-state index contributed by atoms with van der Waals surface area (Å²) in [6.45, 7) is -0.928. The number of aliphatic hydroxyl groups is 3. The molecule has 104 valence electrons. The Kier molecular flexibility index (Phi) is 21.3. The van der Waals surface area contributed by atoms with E-state index in [0.717, 1.165) is 0 Å². The number of carbonyl (C=O) groups is 1. The molecular weight excluding hydrogens is 317 g/mol. The largest absolute Gasteiger partial charge is 2.00 e. The van der Waals surface area contributed by atoms with Crippen molar-refractivity contribution in [1.29, 1.82) is 0 Å². The molecular formula is C6H17MgNa2O9P. The Morgan fingerprint density at radius 3 is 1.89 bits per heavy atom. The summed E-state index contributed by atoms with van der Waals surface area (Å²) in [4.78, 5) is 26.7. The minimum Gasteiger partial charge on any atom is -1.00 e. The van der Waals surface area contributed by atoms with Gasteiger partial charge in [0, 0.05) is 0 Å². The van der Waals surface area contributed by atoms with Crippen molar-refractivity contribution in [2.45, 2.75) is 24.7 Å². The van der Waals surface area contributed by atoms with E-state index in [1.165, 1.54) is 0 Å². The van der Waals surface area contributed by atoms with E-state index in [2.05, 4.69) is 4.52 Å². The number of carboxylic acids is 1. The number of phosphoric ester groups is 1. The Morgan fingerprint density at radius 2 is 1.58 bits per heavy atom. The quantitative estimate of drug-likeness (QED) is 0.196. The zero-order chi connectivity index (χ0) is 12.9. The summed E-state index contributed by atoms with van der Waals surface area (Å²) in [5.74, 6) is -1.39. The van der Waals surface area contributed by atoms with E-state index in [1.54, 1.807) is 0 Å². The Morgan fingerprint density at radius 1 is 1.16 bits per heavy atom. The van der Waals surface area contributed by atoms with Crippen LogP contribution in [0.3, 0.4) is 0 Å². The molecule has 3 atom stereocenters. The minimum absolute atomic E-state index is 0. The van der Waals surface area contributed by atoms with E-state index in [4.69, 9.17) is 30.2 Å². The van der Waals surface area contributed by atoms with Crippen molar-refractivity contribution < 1.29 is 109 Å². The van der Waals surface area contributed by atoms with E-state index in [1.807, 2.05) is 0 Å². The molecule has 0 heterocycles. The van der Waals surface area contributed by atoms with Gasteiger partial charge in [0.1, 0.15) is 12.2 Å². The van der Waals surface area contributed by atoms with Gasteiger partial charge >= 0.3 is 96.0 Å². The molecule has 6 N–H and O–H groups in total. The number of carboxylic acid groups (broad SMARTS) is 1. The van der Waals surface area contributed by atoms with Crippen molar-refractivity contribution in [3.63, 3.8) is 0 Å². The molecule has 0 amide bonds. The van der Waals surface area contributed by atoms with Crippen LogP contribution in [0.5, 0.6) is 0 Å². The summed E-state index contributed by atoms with van der Waals surface area (Å²) < 4.78 is 14.1. The number of aliphatic hydroxyl groups excluding tert-OH is 3. The number of aliphatic carboxylic acids is 1. The maximum absolute atomic E-state index is 10.2. The predicted octanol–water partition coefficient (Wildman–Crippen LogP) is -8.27. The fourth-order valence-electron chi connectivity index (χ4n) is 0.828. The molecule has 0 fully saturated rings. The van der Waals surface area contributed by atoms with Crippen molar-refractivity contribution in [1.82, 2.24) is 0 Å². The molecule has 0 saturated heterocycles. The van der Waals surface area contributed by atoms with Crippen molar-refractivity contribution in [3.05, 3.63) is 0 Å². The standard InChI is InChI=1S/C6H13O9P.Mg.2Na.4H/c7-3(1-5(9)10)6(11)4(8)2-15-16(12,13)14;;;;;;;/h3-4,6-8,11H,1-2H2,(H,9,10)(H2,12,13,14);;;;;;;/q;+2;2*+1;4*-1/t3-,4+,6+;;;;;;;/m0......./s1. The van der Waals surface area contributed by atoms with Crippen LogP contribution in [0, 0.1) is 0 Å². The summed E-state index contributed by atoms with van der Waals surface area (Å²) in [5, 5.41) is 35.5. The molecule has 0 spiro atoms. The van der Waals surface area contributed by atoms with Crippen LogP contribution in [-0.2, 0) is 13.9 Å². The second-order valence-corrected chi connectivity index (χ2v) is 4.25. The van der Waals surface area contributed by atoms with Gasteiger partial charge in [0.2, 0.25) is 0 Å².